The summed E-state index contributed by atoms with van der Waals surface area (Å²) in [6, 6.07) is 0. The number of nitrogens with zero attached hydrogens (tertiary/aromatic N) is 1. The van der Waals surface area contributed by atoms with Crippen LogP contribution in [0, 0.1) is 11.8 Å². The van der Waals surface area contributed by atoms with Gasteiger partial charge in [0.1, 0.15) is 5.76 Å². The van der Waals surface area contributed by atoms with E-state index in [1.54, 1.807) is 7.11 Å². The Kier molecular flexibility index (Phi) is 5.03. The Morgan fingerprint density at radius 2 is 1.76 bits per heavy atom. The highest BCUT2D eigenvalue weighted by Crippen LogP contribution is 2.25. The van der Waals surface area contributed by atoms with Crippen LogP contribution in [0.25, 0.3) is 0 Å². The summed E-state index contributed by atoms with van der Waals surface area (Å²) < 4.78 is 5.12. The molecule has 3 nitrogen and oxygen atoms in total. The standard InChI is InChI=1S/C14H25NO2/c1-10(2)13-6-8-15(9-7-13)14(16)11(3)12(4)17-5/h10,13H,6-9H2,1-5H3/b12-11+. The van der Waals surface area contributed by atoms with Crippen LogP contribution in [-0.4, -0.2) is 31.0 Å². The molecule has 0 unspecified atom stereocenters. The average molecular weight is 239 g/mol. The van der Waals surface area contributed by atoms with E-state index in [0.29, 0.717) is 0 Å². The van der Waals surface area contributed by atoms with Gasteiger partial charge < -0.3 is 9.64 Å². The highest BCUT2D eigenvalue weighted by atomic mass is 16.5. The summed E-state index contributed by atoms with van der Waals surface area (Å²) in [7, 11) is 1.61. The van der Waals surface area contributed by atoms with E-state index in [2.05, 4.69) is 13.8 Å². The van der Waals surface area contributed by atoms with Crippen molar-refractivity contribution in [1.82, 2.24) is 4.90 Å². The maximum Gasteiger partial charge on any atom is 0.252 e. The Labute approximate surface area is 105 Å². The molecule has 0 aromatic carbocycles. The number of likely N-dealkylation sites (tertiary alicyclic amines) is 1. The van der Waals surface area contributed by atoms with E-state index in [9.17, 15) is 4.79 Å². The van der Waals surface area contributed by atoms with Gasteiger partial charge in [-0.2, -0.15) is 0 Å². The predicted molar refractivity (Wildman–Crippen MR) is 69.5 cm³/mol. The van der Waals surface area contributed by atoms with E-state index < -0.39 is 0 Å². The normalized spacial score (nSPS) is 19.3. The third-order valence-electron chi connectivity index (χ3n) is 3.92. The number of carbonyl (C=O) groups excluding carboxylic acids is 1. The number of amides is 1. The summed E-state index contributed by atoms with van der Waals surface area (Å²) in [5.41, 5.74) is 0.732. The van der Waals surface area contributed by atoms with Gasteiger partial charge in [0.25, 0.3) is 5.91 Å². The van der Waals surface area contributed by atoms with Crippen LogP contribution in [0.2, 0.25) is 0 Å². The van der Waals surface area contributed by atoms with Gasteiger partial charge in [-0.25, -0.2) is 0 Å². The summed E-state index contributed by atoms with van der Waals surface area (Å²) in [6.45, 7) is 9.99. The number of carbonyl (C=O) groups is 1. The fourth-order valence-electron chi connectivity index (χ4n) is 2.31. The fraction of sp³-hybridized carbons (Fsp3) is 0.786. The quantitative estimate of drug-likeness (QED) is 0.560. The zero-order valence-corrected chi connectivity index (χ0v) is 11.7. The zero-order valence-electron chi connectivity index (χ0n) is 11.7. The van der Waals surface area contributed by atoms with Crippen molar-refractivity contribution >= 4 is 5.91 Å². The minimum Gasteiger partial charge on any atom is -0.501 e. The number of methoxy groups -OCH3 is 1. The van der Waals surface area contributed by atoms with Crippen molar-refractivity contribution < 1.29 is 9.53 Å². The predicted octanol–water partition coefficient (Wildman–Crippen LogP) is 2.82. The lowest BCUT2D eigenvalue weighted by Gasteiger charge is -2.34. The van der Waals surface area contributed by atoms with Gasteiger partial charge >= 0.3 is 0 Å². The molecule has 0 radical (unpaired) electrons. The lowest BCUT2D eigenvalue weighted by molar-refractivity contribution is -0.128. The van der Waals surface area contributed by atoms with Crippen LogP contribution in [0.5, 0.6) is 0 Å². The summed E-state index contributed by atoms with van der Waals surface area (Å²) >= 11 is 0. The van der Waals surface area contributed by atoms with Gasteiger partial charge in [0, 0.05) is 13.1 Å². The number of allylic oxidation sites excluding steroid dienone is 1. The zero-order chi connectivity index (χ0) is 13.0. The van der Waals surface area contributed by atoms with Crippen molar-refractivity contribution in [3.8, 4) is 0 Å². The van der Waals surface area contributed by atoms with Crippen LogP contribution in [-0.2, 0) is 9.53 Å². The highest BCUT2D eigenvalue weighted by Gasteiger charge is 2.25. The van der Waals surface area contributed by atoms with Crippen LogP contribution in [0.4, 0.5) is 0 Å². The molecule has 0 N–H and O–H groups in total. The molecule has 1 saturated heterocycles. The average Bonchev–Trinajstić information content (AvgIpc) is 2.36. The van der Waals surface area contributed by atoms with Gasteiger partial charge in [-0.3, -0.25) is 4.79 Å². The van der Waals surface area contributed by atoms with Crippen LogP contribution in [0.15, 0.2) is 11.3 Å². The molecule has 1 amide bonds. The van der Waals surface area contributed by atoms with Crippen LogP contribution in [0.3, 0.4) is 0 Å². The molecule has 0 saturated carbocycles. The second kappa shape index (κ2) is 6.08. The van der Waals surface area contributed by atoms with E-state index in [0.717, 1.165) is 49.1 Å². The van der Waals surface area contributed by atoms with Crippen LogP contribution in [0.1, 0.15) is 40.5 Å². The maximum atomic E-state index is 12.2. The minimum absolute atomic E-state index is 0.131. The van der Waals surface area contributed by atoms with E-state index in [1.807, 2.05) is 18.7 Å². The molecular weight excluding hydrogens is 214 g/mol. The number of hydrogen-bond donors (Lipinski definition) is 0. The van der Waals surface area contributed by atoms with Gasteiger partial charge in [0.15, 0.2) is 0 Å². The van der Waals surface area contributed by atoms with Crippen molar-refractivity contribution in [3.05, 3.63) is 11.3 Å². The van der Waals surface area contributed by atoms with E-state index in [1.165, 1.54) is 0 Å². The lowest BCUT2D eigenvalue weighted by atomic mass is 9.86. The SMILES string of the molecule is CO/C(C)=C(\C)C(=O)N1CCC(C(C)C)CC1. The second-order valence-electron chi connectivity index (χ2n) is 5.26. The second-order valence-corrected chi connectivity index (χ2v) is 5.26. The maximum absolute atomic E-state index is 12.2. The summed E-state index contributed by atoms with van der Waals surface area (Å²) in [5.74, 6) is 2.35. The molecule has 0 bridgehead atoms. The highest BCUT2D eigenvalue weighted by molar-refractivity contribution is 5.93. The van der Waals surface area contributed by atoms with Crippen LogP contribution >= 0.6 is 0 Å². The third kappa shape index (κ3) is 3.48. The molecule has 1 fully saturated rings. The Morgan fingerprint density at radius 1 is 1.24 bits per heavy atom. The lowest BCUT2D eigenvalue weighted by Crippen LogP contribution is -2.40. The molecule has 1 rings (SSSR count). The largest absolute Gasteiger partial charge is 0.501 e. The smallest absolute Gasteiger partial charge is 0.252 e. The Morgan fingerprint density at radius 3 is 2.18 bits per heavy atom. The molecule has 98 valence electrons. The monoisotopic (exact) mass is 239 g/mol. The molecule has 0 aromatic heterocycles. The molecule has 1 heterocycles. The molecule has 0 aromatic rings. The van der Waals surface area contributed by atoms with E-state index >= 15 is 0 Å². The van der Waals surface area contributed by atoms with Crippen molar-refractivity contribution in [2.75, 3.05) is 20.2 Å². The van der Waals surface area contributed by atoms with Crippen molar-refractivity contribution in [2.24, 2.45) is 11.8 Å². The first-order valence-electron chi connectivity index (χ1n) is 6.48. The molecule has 1 aliphatic heterocycles. The van der Waals surface area contributed by atoms with Crippen molar-refractivity contribution in [3.63, 3.8) is 0 Å². The minimum atomic E-state index is 0.131. The summed E-state index contributed by atoms with van der Waals surface area (Å²) in [5, 5.41) is 0. The first kappa shape index (κ1) is 14.1. The summed E-state index contributed by atoms with van der Waals surface area (Å²) in [6.07, 6.45) is 2.26. The molecule has 3 heteroatoms. The first-order chi connectivity index (χ1) is 7.97. The molecule has 0 atom stereocenters. The number of rotatable bonds is 3. The Hall–Kier alpha value is -0.990. The van der Waals surface area contributed by atoms with Gasteiger partial charge in [-0.15, -0.1) is 0 Å². The van der Waals surface area contributed by atoms with E-state index in [4.69, 9.17) is 4.74 Å². The molecule has 0 aliphatic carbocycles. The number of hydrogen-bond acceptors (Lipinski definition) is 2. The first-order valence-corrected chi connectivity index (χ1v) is 6.48. The number of ether oxygens (including phenoxy) is 1. The van der Waals surface area contributed by atoms with Gasteiger partial charge in [-0.1, -0.05) is 13.8 Å². The topological polar surface area (TPSA) is 29.5 Å². The van der Waals surface area contributed by atoms with Gasteiger partial charge in [0.05, 0.1) is 12.7 Å². The van der Waals surface area contributed by atoms with E-state index in [-0.39, 0.29) is 5.91 Å². The number of piperidine rings is 1. The molecule has 1 aliphatic rings. The van der Waals surface area contributed by atoms with Gasteiger partial charge in [-0.05, 0) is 38.5 Å². The summed E-state index contributed by atoms with van der Waals surface area (Å²) in [4.78, 5) is 14.1. The molecule has 17 heavy (non-hydrogen) atoms. The molecule has 0 spiro atoms. The third-order valence-corrected chi connectivity index (χ3v) is 3.92. The Bertz CT molecular complexity index is 299. The van der Waals surface area contributed by atoms with Crippen molar-refractivity contribution in [2.45, 2.75) is 40.5 Å². The molecular formula is C14H25NO2. The fourth-order valence-corrected chi connectivity index (χ4v) is 2.31. The van der Waals surface area contributed by atoms with Crippen molar-refractivity contribution in [1.29, 1.82) is 0 Å². The Balaban J connectivity index is 2.58. The van der Waals surface area contributed by atoms with Crippen LogP contribution < -0.4 is 0 Å². The van der Waals surface area contributed by atoms with Gasteiger partial charge in [0.2, 0.25) is 0 Å².